The number of hydrogen-bond acceptors (Lipinski definition) is 4. The van der Waals surface area contributed by atoms with Gasteiger partial charge in [-0.15, -0.1) is 0 Å². The number of hydrogen-bond donors (Lipinski definition) is 2. The highest BCUT2D eigenvalue weighted by Crippen LogP contribution is 2.37. The second-order valence-electron chi connectivity index (χ2n) is 8.87. The van der Waals surface area contributed by atoms with Gasteiger partial charge in [0.25, 0.3) is 0 Å². The summed E-state index contributed by atoms with van der Waals surface area (Å²) in [6.07, 6.45) is 5.26. The summed E-state index contributed by atoms with van der Waals surface area (Å²) in [6, 6.07) is 25.9. The van der Waals surface area contributed by atoms with Gasteiger partial charge in [0.2, 0.25) is 0 Å². The predicted molar refractivity (Wildman–Crippen MR) is 129 cm³/mol. The summed E-state index contributed by atoms with van der Waals surface area (Å²) in [5, 5.41) is 8.51. The minimum atomic E-state index is 0.217. The monoisotopic (exact) mass is 447 g/mol. The molecule has 3 heterocycles. The van der Waals surface area contributed by atoms with E-state index in [4.69, 9.17) is 21.3 Å². The molecule has 5 heteroatoms. The molecular weight excluding hydrogens is 418 g/mol. The van der Waals surface area contributed by atoms with Crippen LogP contribution in [-0.2, 0) is 0 Å². The summed E-state index contributed by atoms with van der Waals surface area (Å²) < 4.78 is 5.95. The highest BCUT2D eigenvalue weighted by atomic mass is 35.5. The number of benzene rings is 2. The van der Waals surface area contributed by atoms with E-state index in [-0.39, 0.29) is 5.92 Å². The molecule has 0 radical (unpaired) electrons. The van der Waals surface area contributed by atoms with Gasteiger partial charge < -0.3 is 15.4 Å². The molecule has 166 valence electrons. The minimum Gasteiger partial charge on any atom is -0.494 e. The first-order valence-electron chi connectivity index (χ1n) is 11.6. The minimum absolute atomic E-state index is 0.217. The average molecular weight is 448 g/mol. The Bertz CT molecular complexity index is 983. The molecule has 0 aliphatic carbocycles. The Morgan fingerprint density at radius 2 is 1.78 bits per heavy atom. The average Bonchev–Trinajstić information content (AvgIpc) is 3.24. The third-order valence-corrected chi connectivity index (χ3v) is 7.20. The van der Waals surface area contributed by atoms with Crippen molar-refractivity contribution in [2.24, 2.45) is 5.92 Å². The zero-order valence-corrected chi connectivity index (χ0v) is 18.9. The number of nitrogens with one attached hydrogen (secondary N) is 2. The van der Waals surface area contributed by atoms with Crippen LogP contribution in [0.5, 0.6) is 5.75 Å². The van der Waals surface area contributed by atoms with Crippen molar-refractivity contribution >= 4 is 11.6 Å². The normalized spacial score (nSPS) is 25.8. The van der Waals surface area contributed by atoms with Gasteiger partial charge >= 0.3 is 0 Å². The molecule has 5 unspecified atom stereocenters. The fourth-order valence-corrected chi connectivity index (χ4v) is 5.54. The fraction of sp³-hybridized carbons (Fsp3) is 0.370. The van der Waals surface area contributed by atoms with Crippen molar-refractivity contribution in [3.8, 4) is 5.75 Å². The molecule has 2 N–H and O–H groups in total. The molecule has 5 atom stereocenters. The summed E-state index contributed by atoms with van der Waals surface area (Å²) in [6.45, 7) is 1.75. The maximum absolute atomic E-state index is 6.17. The van der Waals surface area contributed by atoms with Crippen LogP contribution in [0.3, 0.4) is 0 Å². The fourth-order valence-electron chi connectivity index (χ4n) is 5.42. The number of halogens is 1. The van der Waals surface area contributed by atoms with Crippen molar-refractivity contribution in [1.82, 2.24) is 15.6 Å². The Labute approximate surface area is 195 Å². The zero-order valence-electron chi connectivity index (χ0n) is 18.2. The van der Waals surface area contributed by atoms with E-state index >= 15 is 0 Å². The molecule has 2 aromatic carbocycles. The third kappa shape index (κ3) is 4.83. The lowest BCUT2D eigenvalue weighted by Gasteiger charge is -2.39. The molecular formula is C27H30ClN3O. The molecule has 0 bridgehead atoms. The van der Waals surface area contributed by atoms with Crippen molar-refractivity contribution in [3.63, 3.8) is 0 Å². The van der Waals surface area contributed by atoms with Gasteiger partial charge in [0.05, 0.1) is 6.61 Å². The number of pyridine rings is 1. The van der Waals surface area contributed by atoms with Crippen LogP contribution < -0.4 is 15.4 Å². The molecule has 1 aromatic heterocycles. The van der Waals surface area contributed by atoms with Crippen LogP contribution >= 0.6 is 11.6 Å². The Kier molecular flexibility index (Phi) is 6.72. The van der Waals surface area contributed by atoms with E-state index in [2.05, 4.69) is 34.9 Å². The molecule has 5 rings (SSSR count). The second kappa shape index (κ2) is 10.0. The van der Waals surface area contributed by atoms with Crippen molar-refractivity contribution in [1.29, 1.82) is 0 Å². The van der Waals surface area contributed by atoms with Gasteiger partial charge in [-0.05, 0) is 67.1 Å². The van der Waals surface area contributed by atoms with Gasteiger partial charge in [-0.25, -0.2) is 0 Å². The molecule has 2 aliphatic heterocycles. The van der Waals surface area contributed by atoms with Crippen LogP contribution in [0.4, 0.5) is 0 Å². The van der Waals surface area contributed by atoms with Crippen LogP contribution in [0.15, 0.2) is 79.0 Å². The summed E-state index contributed by atoms with van der Waals surface area (Å²) >= 11 is 6.17. The first-order chi connectivity index (χ1) is 15.8. The van der Waals surface area contributed by atoms with E-state index in [0.29, 0.717) is 24.0 Å². The Hall–Kier alpha value is -2.40. The maximum atomic E-state index is 6.17. The van der Waals surface area contributed by atoms with Gasteiger partial charge in [-0.1, -0.05) is 48.0 Å². The van der Waals surface area contributed by atoms with E-state index in [1.807, 2.05) is 54.7 Å². The molecule has 0 amide bonds. The highest BCUT2D eigenvalue weighted by Gasteiger charge is 2.42. The van der Waals surface area contributed by atoms with Crippen molar-refractivity contribution in [2.45, 2.75) is 43.3 Å². The predicted octanol–water partition coefficient (Wildman–Crippen LogP) is 5.04. The molecule has 2 fully saturated rings. The van der Waals surface area contributed by atoms with Gasteiger partial charge in [0, 0.05) is 47.5 Å². The van der Waals surface area contributed by atoms with Crippen LogP contribution in [0.1, 0.15) is 36.4 Å². The van der Waals surface area contributed by atoms with Crippen molar-refractivity contribution < 1.29 is 4.74 Å². The summed E-state index contributed by atoms with van der Waals surface area (Å²) in [7, 11) is 0. The number of rotatable bonds is 7. The number of para-hydroxylation sites is 1. The number of fused-ring (bicyclic) bond motifs is 1. The smallest absolute Gasteiger partial charge is 0.119 e. The first-order valence-corrected chi connectivity index (χ1v) is 12.0. The van der Waals surface area contributed by atoms with Crippen molar-refractivity contribution in [3.05, 3.63) is 95.3 Å². The van der Waals surface area contributed by atoms with Gasteiger partial charge in [0.15, 0.2) is 0 Å². The Morgan fingerprint density at radius 1 is 0.969 bits per heavy atom. The zero-order chi connectivity index (χ0) is 21.8. The maximum Gasteiger partial charge on any atom is 0.119 e. The molecule has 2 saturated heterocycles. The summed E-state index contributed by atoms with van der Waals surface area (Å²) in [5.41, 5.74) is 2.38. The van der Waals surface area contributed by atoms with Gasteiger partial charge in [-0.2, -0.15) is 0 Å². The molecule has 0 saturated carbocycles. The summed E-state index contributed by atoms with van der Waals surface area (Å²) in [5.74, 6) is 1.81. The van der Waals surface area contributed by atoms with Crippen molar-refractivity contribution in [2.75, 3.05) is 13.2 Å². The Balaban J connectivity index is 1.25. The van der Waals surface area contributed by atoms with Gasteiger partial charge in [0.1, 0.15) is 5.75 Å². The van der Waals surface area contributed by atoms with Crippen LogP contribution in [0.25, 0.3) is 0 Å². The summed E-state index contributed by atoms with van der Waals surface area (Å²) in [4.78, 5) is 4.72. The van der Waals surface area contributed by atoms with Gasteiger partial charge in [-0.3, -0.25) is 4.98 Å². The molecule has 4 nitrogen and oxygen atoms in total. The number of ether oxygens (including phenoxy) is 1. The standard InChI is InChI=1S/C27H30ClN3O/c28-20-11-9-19(10-12-20)27(24-8-4-5-16-29-24)25-14-13-22-23(30-18-26(22)31-25)15-17-32-21-6-2-1-3-7-21/h1-12,16,22-23,25-27,30-31H,13-15,17-18H2. The van der Waals surface area contributed by atoms with Crippen LogP contribution in [0, 0.1) is 5.92 Å². The number of nitrogens with zero attached hydrogens (tertiary/aromatic N) is 1. The molecule has 3 aromatic rings. The van der Waals surface area contributed by atoms with E-state index in [0.717, 1.165) is 42.5 Å². The third-order valence-electron chi connectivity index (χ3n) is 6.95. The first kappa shape index (κ1) is 21.4. The highest BCUT2D eigenvalue weighted by molar-refractivity contribution is 6.30. The Morgan fingerprint density at radius 3 is 2.56 bits per heavy atom. The van der Waals surface area contributed by atoms with E-state index < -0.39 is 0 Å². The van der Waals surface area contributed by atoms with E-state index in [1.165, 1.54) is 12.0 Å². The quantitative estimate of drug-likeness (QED) is 0.532. The largest absolute Gasteiger partial charge is 0.494 e. The van der Waals surface area contributed by atoms with Crippen LogP contribution in [-0.4, -0.2) is 36.3 Å². The lowest BCUT2D eigenvalue weighted by atomic mass is 9.78. The topological polar surface area (TPSA) is 46.2 Å². The number of piperidine rings is 1. The van der Waals surface area contributed by atoms with E-state index in [1.54, 1.807) is 0 Å². The SMILES string of the molecule is Clc1ccc(C(c2ccccn2)C2CCC3C(CCOc4ccccc4)NCC3N2)cc1. The molecule has 32 heavy (non-hydrogen) atoms. The van der Waals surface area contributed by atoms with E-state index in [9.17, 15) is 0 Å². The lowest BCUT2D eigenvalue weighted by molar-refractivity contribution is 0.213. The molecule has 2 aliphatic rings. The lowest BCUT2D eigenvalue weighted by Crippen LogP contribution is -2.51. The number of aromatic nitrogens is 1. The van der Waals surface area contributed by atoms with Crippen LogP contribution in [0.2, 0.25) is 5.02 Å². The molecule has 0 spiro atoms. The second-order valence-corrected chi connectivity index (χ2v) is 9.31.